The lowest BCUT2D eigenvalue weighted by atomic mass is 10.1. The average Bonchev–Trinajstić information content (AvgIpc) is 3.02. The highest BCUT2D eigenvalue weighted by molar-refractivity contribution is 5.74. The molecule has 0 radical (unpaired) electrons. The minimum Gasteiger partial charge on any atom is -0.483 e. The van der Waals surface area contributed by atoms with Crippen LogP contribution in [-0.4, -0.2) is 17.6 Å². The molecule has 1 aromatic heterocycles. The minimum atomic E-state index is -0.309. The molecule has 0 fully saturated rings. The van der Waals surface area contributed by atoms with Crippen molar-refractivity contribution >= 4 is 12.2 Å². The summed E-state index contributed by atoms with van der Waals surface area (Å²) in [6.07, 6.45) is 1.34. The zero-order chi connectivity index (χ0) is 17.6. The largest absolute Gasteiger partial charge is 0.483 e. The Morgan fingerprint density at radius 3 is 2.52 bits per heavy atom. The van der Waals surface area contributed by atoms with Crippen LogP contribution in [0, 0.1) is 17.1 Å². The van der Waals surface area contributed by atoms with Gasteiger partial charge in [0.2, 0.25) is 0 Å². The summed E-state index contributed by atoms with van der Waals surface area (Å²) < 4.78 is 20.3. The molecule has 0 saturated carbocycles. The summed E-state index contributed by atoms with van der Waals surface area (Å²) in [5.74, 6) is 0.165. The Morgan fingerprint density at radius 1 is 1.16 bits per heavy atom. The zero-order valence-electron chi connectivity index (χ0n) is 13.7. The molecule has 0 amide bonds. The Hall–Kier alpha value is -3.39. The summed E-state index contributed by atoms with van der Waals surface area (Å²) >= 11 is 0. The number of para-hydroxylation sites is 1. The van der Waals surface area contributed by atoms with Crippen molar-refractivity contribution in [2.24, 2.45) is 4.99 Å². The maximum absolute atomic E-state index is 13.3. The van der Waals surface area contributed by atoms with E-state index in [1.54, 1.807) is 18.2 Å². The molecule has 0 aliphatic heterocycles. The van der Waals surface area contributed by atoms with Crippen molar-refractivity contribution < 1.29 is 9.13 Å². The third kappa shape index (κ3) is 3.43. The van der Waals surface area contributed by atoms with E-state index in [0.29, 0.717) is 18.0 Å². The molecule has 3 aromatic rings. The molecule has 0 spiro atoms. The van der Waals surface area contributed by atoms with E-state index < -0.39 is 0 Å². The van der Waals surface area contributed by atoms with E-state index in [4.69, 9.17) is 4.74 Å². The van der Waals surface area contributed by atoms with E-state index in [0.717, 1.165) is 16.9 Å². The average molecular weight is 333 g/mol. The van der Waals surface area contributed by atoms with Crippen LogP contribution in [0.3, 0.4) is 0 Å². The Labute approximate surface area is 145 Å². The fraction of sp³-hybridized carbons (Fsp3) is 0.100. The van der Waals surface area contributed by atoms with Gasteiger partial charge in [0.05, 0.1) is 17.9 Å². The molecule has 124 valence electrons. The Bertz CT molecular complexity index is 922. The van der Waals surface area contributed by atoms with Gasteiger partial charge < -0.3 is 4.74 Å². The van der Waals surface area contributed by atoms with Crippen LogP contribution >= 0.6 is 0 Å². The van der Waals surface area contributed by atoms with Gasteiger partial charge in [0, 0.05) is 5.69 Å². The molecule has 25 heavy (non-hydrogen) atoms. The third-order valence-electron chi connectivity index (χ3n) is 3.67. The van der Waals surface area contributed by atoms with Crippen LogP contribution in [0.5, 0.6) is 0 Å². The van der Waals surface area contributed by atoms with Crippen molar-refractivity contribution in [2.75, 3.05) is 6.61 Å². The minimum absolute atomic E-state index is 0.309. The quantitative estimate of drug-likeness (QED) is 0.495. The van der Waals surface area contributed by atoms with Gasteiger partial charge in [0.15, 0.2) is 12.2 Å². The second-order valence-corrected chi connectivity index (χ2v) is 5.25. The molecular formula is C20H16FN3O. The van der Waals surface area contributed by atoms with Gasteiger partial charge in [-0.1, -0.05) is 18.2 Å². The predicted octanol–water partition coefficient (Wildman–Crippen LogP) is 4.85. The smallest absolute Gasteiger partial charge is 0.176 e. The van der Waals surface area contributed by atoms with Crippen molar-refractivity contribution in [3.63, 3.8) is 0 Å². The molecule has 2 aromatic carbocycles. The number of hydrogen-bond donors (Lipinski definition) is 0. The number of benzene rings is 2. The predicted molar refractivity (Wildman–Crippen MR) is 95.7 cm³/mol. The summed E-state index contributed by atoms with van der Waals surface area (Å²) in [6, 6.07) is 19.7. The molecule has 3 rings (SSSR count). The van der Waals surface area contributed by atoms with Crippen LogP contribution in [0.2, 0.25) is 0 Å². The lowest BCUT2D eigenvalue weighted by molar-refractivity contribution is 0.344. The molecule has 0 saturated heterocycles. The molecule has 0 unspecified atom stereocenters. The molecule has 5 heteroatoms. The van der Waals surface area contributed by atoms with Crippen molar-refractivity contribution in [1.82, 2.24) is 4.57 Å². The van der Waals surface area contributed by atoms with E-state index in [1.165, 1.54) is 18.5 Å². The van der Waals surface area contributed by atoms with E-state index in [-0.39, 0.29) is 5.82 Å². The molecule has 4 nitrogen and oxygen atoms in total. The number of aromatic nitrogens is 1. The molecule has 0 N–H and O–H groups in total. The number of nitriles is 1. The second kappa shape index (κ2) is 7.45. The first kappa shape index (κ1) is 16.5. The van der Waals surface area contributed by atoms with Gasteiger partial charge in [0.25, 0.3) is 0 Å². The summed E-state index contributed by atoms with van der Waals surface area (Å²) in [7, 11) is 0. The first-order valence-corrected chi connectivity index (χ1v) is 7.86. The number of hydrogen-bond acceptors (Lipinski definition) is 3. The number of ether oxygens (including phenoxy) is 1. The van der Waals surface area contributed by atoms with E-state index in [1.807, 2.05) is 41.8 Å². The van der Waals surface area contributed by atoms with Crippen LogP contribution in [-0.2, 0) is 4.74 Å². The van der Waals surface area contributed by atoms with Gasteiger partial charge in [-0.2, -0.15) is 5.26 Å². The Morgan fingerprint density at radius 2 is 1.88 bits per heavy atom. The molecule has 1 heterocycles. The van der Waals surface area contributed by atoms with Gasteiger partial charge >= 0.3 is 0 Å². The van der Waals surface area contributed by atoms with E-state index in [9.17, 15) is 9.65 Å². The fourth-order valence-corrected chi connectivity index (χ4v) is 2.54. The first-order valence-electron chi connectivity index (χ1n) is 7.86. The maximum atomic E-state index is 13.3. The Kier molecular flexibility index (Phi) is 4.91. The standard InChI is InChI=1S/C20H16FN3O/c1-2-25-14-23-20-16(13-22)12-19(15-8-10-17(21)11-9-15)24(20)18-6-4-3-5-7-18/h3-12,14H,2H2,1H3/b23-14+. The topological polar surface area (TPSA) is 50.3 Å². The molecule has 0 bridgehead atoms. The van der Waals surface area contributed by atoms with Crippen LogP contribution in [0.25, 0.3) is 16.9 Å². The van der Waals surface area contributed by atoms with Crippen molar-refractivity contribution in [2.45, 2.75) is 6.92 Å². The summed E-state index contributed by atoms with van der Waals surface area (Å²) in [5.41, 5.74) is 2.82. The van der Waals surface area contributed by atoms with Gasteiger partial charge in [-0.25, -0.2) is 9.38 Å². The SMILES string of the molecule is CCO/C=N/c1c(C#N)cc(-c2ccc(F)cc2)n1-c1ccccc1. The van der Waals surface area contributed by atoms with Crippen LogP contribution < -0.4 is 0 Å². The first-order chi connectivity index (χ1) is 12.2. The van der Waals surface area contributed by atoms with Crippen LogP contribution in [0.15, 0.2) is 65.7 Å². The van der Waals surface area contributed by atoms with E-state index >= 15 is 0 Å². The third-order valence-corrected chi connectivity index (χ3v) is 3.67. The second-order valence-electron chi connectivity index (χ2n) is 5.25. The van der Waals surface area contributed by atoms with Crippen molar-refractivity contribution in [1.29, 1.82) is 5.26 Å². The molecular weight excluding hydrogens is 317 g/mol. The monoisotopic (exact) mass is 333 g/mol. The Balaban J connectivity index is 2.24. The lowest BCUT2D eigenvalue weighted by Gasteiger charge is -2.11. The van der Waals surface area contributed by atoms with Gasteiger partial charge in [-0.15, -0.1) is 0 Å². The van der Waals surface area contributed by atoms with Gasteiger partial charge in [-0.05, 0) is 55.0 Å². The van der Waals surface area contributed by atoms with Crippen molar-refractivity contribution in [3.05, 3.63) is 72.0 Å². The van der Waals surface area contributed by atoms with Crippen molar-refractivity contribution in [3.8, 4) is 23.0 Å². The lowest BCUT2D eigenvalue weighted by Crippen LogP contribution is -1.97. The summed E-state index contributed by atoms with van der Waals surface area (Å²) in [5, 5.41) is 9.51. The highest BCUT2D eigenvalue weighted by Crippen LogP contribution is 2.34. The summed E-state index contributed by atoms with van der Waals surface area (Å²) in [6.45, 7) is 2.35. The normalized spacial score (nSPS) is 10.8. The summed E-state index contributed by atoms with van der Waals surface area (Å²) in [4.78, 5) is 4.33. The molecule has 0 atom stereocenters. The highest BCUT2D eigenvalue weighted by Gasteiger charge is 2.17. The number of nitrogens with zero attached hydrogens (tertiary/aromatic N) is 3. The van der Waals surface area contributed by atoms with Crippen LogP contribution in [0.1, 0.15) is 12.5 Å². The highest BCUT2D eigenvalue weighted by atomic mass is 19.1. The molecule has 0 aliphatic rings. The maximum Gasteiger partial charge on any atom is 0.176 e. The number of rotatable bonds is 5. The van der Waals surface area contributed by atoms with E-state index in [2.05, 4.69) is 11.1 Å². The fourth-order valence-electron chi connectivity index (χ4n) is 2.54. The van der Waals surface area contributed by atoms with Gasteiger partial charge in [0.1, 0.15) is 11.9 Å². The van der Waals surface area contributed by atoms with Gasteiger partial charge in [-0.3, -0.25) is 4.57 Å². The number of aliphatic imine (C=N–C) groups is 1. The zero-order valence-corrected chi connectivity index (χ0v) is 13.7. The molecule has 0 aliphatic carbocycles. The van der Waals surface area contributed by atoms with Crippen LogP contribution in [0.4, 0.5) is 10.2 Å². The number of halogens is 1.